The lowest BCUT2D eigenvalue weighted by molar-refractivity contribution is 0.483. The quantitative estimate of drug-likeness (QED) is 0.244. The predicted octanol–water partition coefficient (Wildman–Crippen LogP) is 5.95. The highest BCUT2D eigenvalue weighted by molar-refractivity contribution is 7.90. The second-order valence-electron chi connectivity index (χ2n) is 8.48. The number of benzene rings is 3. The molecule has 0 saturated carbocycles. The number of aromatic nitrogens is 2. The van der Waals surface area contributed by atoms with Crippen molar-refractivity contribution in [3.63, 3.8) is 0 Å². The maximum Gasteiger partial charge on any atom is 0.148 e. The van der Waals surface area contributed by atoms with Gasteiger partial charge in [0.1, 0.15) is 26.3 Å². The molecule has 2 aromatic heterocycles. The number of thiazole rings is 1. The number of nitrogens with one attached hydrogen (secondary N) is 1. The van der Waals surface area contributed by atoms with E-state index in [4.69, 9.17) is 14.7 Å². The van der Waals surface area contributed by atoms with Crippen LogP contribution in [0.4, 0.5) is 0 Å². The van der Waals surface area contributed by atoms with E-state index in [9.17, 15) is 8.42 Å². The fraction of sp³-hybridized carbons (Fsp3) is 0.143. The molecule has 0 unspecified atom stereocenters. The lowest BCUT2D eigenvalue weighted by atomic mass is 10.1. The molecule has 0 bridgehead atoms. The fourth-order valence-electron chi connectivity index (χ4n) is 3.73. The van der Waals surface area contributed by atoms with Crippen LogP contribution >= 0.6 is 11.3 Å². The third-order valence-electron chi connectivity index (χ3n) is 5.59. The third-order valence-corrected chi connectivity index (χ3v) is 7.39. The number of sulfone groups is 1. The molecular formula is C28H25N3O3S2. The summed E-state index contributed by atoms with van der Waals surface area (Å²) in [5, 5.41) is 7.14. The van der Waals surface area contributed by atoms with Crippen LogP contribution < -0.4 is 10.1 Å². The first-order chi connectivity index (χ1) is 17.4. The van der Waals surface area contributed by atoms with Crippen LogP contribution in [-0.4, -0.2) is 36.9 Å². The van der Waals surface area contributed by atoms with Crippen LogP contribution in [0.2, 0.25) is 0 Å². The molecule has 182 valence electrons. The van der Waals surface area contributed by atoms with E-state index in [-0.39, 0.29) is 5.75 Å². The van der Waals surface area contributed by atoms with Gasteiger partial charge in [-0.3, -0.25) is 0 Å². The lowest BCUT2D eigenvalue weighted by Crippen LogP contribution is -2.21. The summed E-state index contributed by atoms with van der Waals surface area (Å²) in [5.41, 5.74) is 4.68. The van der Waals surface area contributed by atoms with E-state index in [1.807, 2.05) is 66.0 Å². The standard InChI is InChI=1S/C28H25N3O3S2/c1-36(32,33)16-15-29-18-28-31-27(19-35-28)22-8-7-21-11-14-25(30-26(21)17-22)20-9-12-24(13-10-20)34-23-5-3-2-4-6-23/h2-14,17,19,29H,15-16,18H2,1H3. The molecule has 6 nitrogen and oxygen atoms in total. The zero-order valence-electron chi connectivity index (χ0n) is 19.7. The van der Waals surface area contributed by atoms with Gasteiger partial charge in [0.25, 0.3) is 0 Å². The number of ether oxygens (including phenoxy) is 1. The molecule has 0 aliphatic rings. The van der Waals surface area contributed by atoms with Crippen LogP contribution in [-0.2, 0) is 16.4 Å². The number of fused-ring (bicyclic) bond motifs is 1. The molecule has 0 aliphatic heterocycles. The summed E-state index contributed by atoms with van der Waals surface area (Å²) >= 11 is 1.55. The van der Waals surface area contributed by atoms with E-state index in [0.717, 1.165) is 49.9 Å². The number of nitrogens with zero attached hydrogens (tertiary/aromatic N) is 2. The van der Waals surface area contributed by atoms with E-state index in [0.29, 0.717) is 13.1 Å². The Hall–Kier alpha value is -3.59. The van der Waals surface area contributed by atoms with Gasteiger partial charge in [-0.1, -0.05) is 36.4 Å². The van der Waals surface area contributed by atoms with Crippen LogP contribution in [0.25, 0.3) is 33.4 Å². The van der Waals surface area contributed by atoms with Crippen LogP contribution in [0.3, 0.4) is 0 Å². The number of para-hydroxylation sites is 1. The smallest absolute Gasteiger partial charge is 0.148 e. The van der Waals surface area contributed by atoms with Crippen molar-refractivity contribution in [2.24, 2.45) is 0 Å². The minimum atomic E-state index is -2.97. The second kappa shape index (κ2) is 10.6. The minimum Gasteiger partial charge on any atom is -0.457 e. The summed E-state index contributed by atoms with van der Waals surface area (Å²) in [6, 6.07) is 27.9. The molecule has 0 spiro atoms. The van der Waals surface area contributed by atoms with Crippen molar-refractivity contribution in [3.8, 4) is 34.0 Å². The summed E-state index contributed by atoms with van der Waals surface area (Å²) in [6.45, 7) is 0.954. The van der Waals surface area contributed by atoms with Gasteiger partial charge < -0.3 is 10.1 Å². The van der Waals surface area contributed by atoms with Crippen LogP contribution in [0.5, 0.6) is 11.5 Å². The van der Waals surface area contributed by atoms with Crippen LogP contribution in [0.15, 0.2) is 90.3 Å². The van der Waals surface area contributed by atoms with E-state index in [2.05, 4.69) is 29.6 Å². The van der Waals surface area contributed by atoms with Crippen molar-refractivity contribution in [2.75, 3.05) is 18.6 Å². The summed E-state index contributed by atoms with van der Waals surface area (Å²) in [7, 11) is -2.97. The van der Waals surface area contributed by atoms with Gasteiger partial charge in [0.05, 0.1) is 22.7 Å². The molecule has 0 amide bonds. The molecule has 5 aromatic rings. The molecule has 0 atom stereocenters. The van der Waals surface area contributed by atoms with E-state index in [1.54, 1.807) is 11.3 Å². The highest BCUT2D eigenvalue weighted by atomic mass is 32.2. The van der Waals surface area contributed by atoms with Gasteiger partial charge in [-0.05, 0) is 48.5 Å². The molecule has 1 N–H and O–H groups in total. The second-order valence-corrected chi connectivity index (χ2v) is 11.7. The normalized spacial score (nSPS) is 11.6. The number of pyridine rings is 1. The van der Waals surface area contributed by atoms with Gasteiger partial charge in [-0.25, -0.2) is 18.4 Å². The first-order valence-electron chi connectivity index (χ1n) is 11.5. The average Bonchev–Trinajstić information content (AvgIpc) is 3.36. The molecular weight excluding hydrogens is 490 g/mol. The Morgan fingerprint density at radius 3 is 2.33 bits per heavy atom. The Labute approximate surface area is 214 Å². The largest absolute Gasteiger partial charge is 0.457 e. The minimum absolute atomic E-state index is 0.118. The van der Waals surface area contributed by atoms with Gasteiger partial charge in [0.2, 0.25) is 0 Å². The highest BCUT2D eigenvalue weighted by Gasteiger charge is 2.09. The Morgan fingerprint density at radius 2 is 1.56 bits per heavy atom. The zero-order chi connectivity index (χ0) is 25.0. The maximum atomic E-state index is 11.3. The summed E-state index contributed by atoms with van der Waals surface area (Å²) in [6.07, 6.45) is 1.24. The predicted molar refractivity (Wildman–Crippen MR) is 146 cm³/mol. The van der Waals surface area contributed by atoms with Crippen molar-refractivity contribution in [1.29, 1.82) is 0 Å². The molecule has 0 saturated heterocycles. The molecule has 5 rings (SSSR count). The van der Waals surface area contributed by atoms with Gasteiger partial charge in [-0.2, -0.15) is 0 Å². The Kier molecular flexibility index (Phi) is 7.09. The summed E-state index contributed by atoms with van der Waals surface area (Å²) < 4.78 is 28.4. The molecule has 0 fully saturated rings. The van der Waals surface area contributed by atoms with Crippen molar-refractivity contribution < 1.29 is 13.2 Å². The maximum absolute atomic E-state index is 11.3. The van der Waals surface area contributed by atoms with Gasteiger partial charge in [-0.15, -0.1) is 11.3 Å². The average molecular weight is 516 g/mol. The first kappa shape index (κ1) is 24.1. The van der Waals surface area contributed by atoms with Crippen molar-refractivity contribution in [1.82, 2.24) is 15.3 Å². The number of hydrogen-bond donors (Lipinski definition) is 1. The lowest BCUT2D eigenvalue weighted by Gasteiger charge is -2.08. The van der Waals surface area contributed by atoms with Gasteiger partial charge in [0, 0.05) is 41.2 Å². The molecule has 0 radical (unpaired) electrons. The van der Waals surface area contributed by atoms with Crippen molar-refractivity contribution in [2.45, 2.75) is 6.54 Å². The van der Waals surface area contributed by atoms with Crippen LogP contribution in [0, 0.1) is 0 Å². The van der Waals surface area contributed by atoms with E-state index < -0.39 is 9.84 Å². The van der Waals surface area contributed by atoms with E-state index >= 15 is 0 Å². The summed E-state index contributed by atoms with van der Waals surface area (Å²) in [4.78, 5) is 9.61. The van der Waals surface area contributed by atoms with Gasteiger partial charge >= 0.3 is 0 Å². The zero-order valence-corrected chi connectivity index (χ0v) is 21.4. The molecule has 0 aliphatic carbocycles. The Morgan fingerprint density at radius 1 is 0.833 bits per heavy atom. The first-order valence-corrected chi connectivity index (χ1v) is 14.4. The number of rotatable bonds is 9. The van der Waals surface area contributed by atoms with Crippen molar-refractivity contribution >= 4 is 32.1 Å². The highest BCUT2D eigenvalue weighted by Crippen LogP contribution is 2.29. The Balaban J connectivity index is 1.30. The monoisotopic (exact) mass is 515 g/mol. The van der Waals surface area contributed by atoms with Crippen LogP contribution in [0.1, 0.15) is 5.01 Å². The fourth-order valence-corrected chi connectivity index (χ4v) is 5.02. The third kappa shape index (κ3) is 6.15. The van der Waals surface area contributed by atoms with Gasteiger partial charge in [0.15, 0.2) is 0 Å². The molecule has 8 heteroatoms. The Bertz CT molecular complexity index is 1580. The molecule has 36 heavy (non-hydrogen) atoms. The SMILES string of the molecule is CS(=O)(=O)CCNCc1nc(-c2ccc3ccc(-c4ccc(Oc5ccccc5)cc4)nc3c2)cs1. The topological polar surface area (TPSA) is 81.2 Å². The van der Waals surface area contributed by atoms with E-state index in [1.165, 1.54) is 6.26 Å². The summed E-state index contributed by atoms with van der Waals surface area (Å²) in [5.74, 6) is 1.70. The van der Waals surface area contributed by atoms with Crippen molar-refractivity contribution in [3.05, 3.63) is 95.3 Å². The molecule has 2 heterocycles. The molecule has 3 aromatic carbocycles. The number of hydrogen-bond acceptors (Lipinski definition) is 7.